The molecule has 156 valence electrons. The maximum atomic E-state index is 11.6. The average molecular weight is 403 g/mol. The molecule has 2 aromatic rings. The summed E-state index contributed by atoms with van der Waals surface area (Å²) in [6.07, 6.45) is 1.94. The number of phenolic OH excluding ortho intramolecular Hbond substituents is 1. The molecular weight excluding hydrogens is 378 g/mol. The van der Waals surface area contributed by atoms with E-state index in [9.17, 15) is 20.0 Å². The zero-order chi connectivity index (χ0) is 21.4. The summed E-state index contributed by atoms with van der Waals surface area (Å²) in [5.41, 5.74) is 0.836. The van der Waals surface area contributed by atoms with Crippen LogP contribution in [0, 0.1) is 10.1 Å². The third-order valence-corrected chi connectivity index (χ3v) is 4.28. The first-order chi connectivity index (χ1) is 13.9. The van der Waals surface area contributed by atoms with Crippen LogP contribution in [0.25, 0.3) is 0 Å². The number of Topliss-reactive ketones (excluding diaryl/α,β-unsaturated/α-hetero) is 1. The number of hydrogen-bond acceptors (Lipinski definition) is 7. The first-order valence-electron chi connectivity index (χ1n) is 9.32. The third-order valence-electron chi connectivity index (χ3n) is 4.28. The summed E-state index contributed by atoms with van der Waals surface area (Å²) in [6, 6.07) is 7.41. The number of non-ortho nitro benzene ring substituents is 1. The predicted molar refractivity (Wildman–Crippen MR) is 107 cm³/mol. The van der Waals surface area contributed by atoms with Gasteiger partial charge in [0.2, 0.25) is 0 Å². The third kappa shape index (κ3) is 5.60. The van der Waals surface area contributed by atoms with Crippen molar-refractivity contribution in [3.63, 3.8) is 0 Å². The molecule has 8 nitrogen and oxygen atoms in total. The zero-order valence-corrected chi connectivity index (χ0v) is 16.8. The van der Waals surface area contributed by atoms with Crippen molar-refractivity contribution in [3.05, 3.63) is 51.6 Å². The Balaban J connectivity index is 1.95. The molecule has 0 heterocycles. The van der Waals surface area contributed by atoms with Crippen molar-refractivity contribution in [3.8, 4) is 23.0 Å². The van der Waals surface area contributed by atoms with Crippen LogP contribution in [0.5, 0.6) is 23.0 Å². The second-order valence-electron chi connectivity index (χ2n) is 6.39. The fourth-order valence-electron chi connectivity index (χ4n) is 2.84. The maximum absolute atomic E-state index is 11.6. The molecule has 1 N–H and O–H groups in total. The summed E-state index contributed by atoms with van der Waals surface area (Å²) in [6.45, 7) is 4.05. The van der Waals surface area contributed by atoms with Gasteiger partial charge < -0.3 is 19.3 Å². The summed E-state index contributed by atoms with van der Waals surface area (Å²) >= 11 is 0. The van der Waals surface area contributed by atoms with Gasteiger partial charge in [-0.3, -0.25) is 14.9 Å². The summed E-state index contributed by atoms with van der Waals surface area (Å²) < 4.78 is 16.5. The Labute approximate surface area is 169 Å². The first kappa shape index (κ1) is 22.0. The van der Waals surface area contributed by atoms with E-state index in [0.717, 1.165) is 6.42 Å². The fraction of sp³-hybridized carbons (Fsp3) is 0.381. The second kappa shape index (κ2) is 10.3. The van der Waals surface area contributed by atoms with Crippen LogP contribution in [-0.4, -0.2) is 36.1 Å². The van der Waals surface area contributed by atoms with Crippen LogP contribution in [0.15, 0.2) is 30.3 Å². The lowest BCUT2D eigenvalue weighted by Gasteiger charge is -2.15. The van der Waals surface area contributed by atoms with Gasteiger partial charge >= 0.3 is 0 Å². The number of phenols is 1. The van der Waals surface area contributed by atoms with Gasteiger partial charge in [0.25, 0.3) is 5.69 Å². The van der Waals surface area contributed by atoms with Crippen molar-refractivity contribution in [1.29, 1.82) is 0 Å². The maximum Gasteiger partial charge on any atom is 0.273 e. The Kier molecular flexibility index (Phi) is 7.82. The zero-order valence-electron chi connectivity index (χ0n) is 16.8. The molecule has 2 rings (SSSR count). The Morgan fingerprint density at radius 3 is 2.34 bits per heavy atom. The molecule has 0 atom stereocenters. The van der Waals surface area contributed by atoms with E-state index in [1.807, 2.05) is 6.92 Å². The normalized spacial score (nSPS) is 10.4. The largest absolute Gasteiger partial charge is 0.507 e. The van der Waals surface area contributed by atoms with Crippen molar-refractivity contribution in [2.24, 2.45) is 0 Å². The van der Waals surface area contributed by atoms with Crippen LogP contribution in [-0.2, 0) is 6.42 Å². The quantitative estimate of drug-likeness (QED) is 0.258. The molecular formula is C21H25NO7. The number of hydrogen-bond donors (Lipinski definition) is 1. The number of nitrogens with zero attached hydrogens (tertiary/aromatic N) is 1. The summed E-state index contributed by atoms with van der Waals surface area (Å²) in [5, 5.41) is 21.2. The Bertz CT molecular complexity index is 880. The van der Waals surface area contributed by atoms with E-state index in [-0.39, 0.29) is 28.5 Å². The van der Waals surface area contributed by atoms with Crippen LogP contribution in [0.1, 0.15) is 42.6 Å². The van der Waals surface area contributed by atoms with Crippen molar-refractivity contribution < 1.29 is 29.0 Å². The molecule has 0 amide bonds. The first-order valence-corrected chi connectivity index (χ1v) is 9.32. The van der Waals surface area contributed by atoms with E-state index < -0.39 is 4.92 Å². The highest BCUT2D eigenvalue weighted by atomic mass is 16.6. The van der Waals surface area contributed by atoms with Gasteiger partial charge in [-0.1, -0.05) is 13.3 Å². The van der Waals surface area contributed by atoms with Gasteiger partial charge in [0.1, 0.15) is 11.5 Å². The monoisotopic (exact) mass is 403 g/mol. The van der Waals surface area contributed by atoms with Crippen molar-refractivity contribution in [1.82, 2.24) is 0 Å². The van der Waals surface area contributed by atoms with Gasteiger partial charge in [0.15, 0.2) is 17.3 Å². The number of ketones is 1. The minimum absolute atomic E-state index is 0.0243. The van der Waals surface area contributed by atoms with Gasteiger partial charge in [-0.15, -0.1) is 0 Å². The topological polar surface area (TPSA) is 108 Å². The summed E-state index contributed by atoms with van der Waals surface area (Å²) in [5.74, 6) is 1.02. The molecule has 29 heavy (non-hydrogen) atoms. The Morgan fingerprint density at radius 2 is 1.76 bits per heavy atom. The van der Waals surface area contributed by atoms with Gasteiger partial charge in [0, 0.05) is 18.1 Å². The number of nitro benzene ring substituents is 1. The van der Waals surface area contributed by atoms with E-state index in [1.54, 1.807) is 12.1 Å². The predicted octanol–water partition coefficient (Wildman–Crippen LogP) is 4.31. The highest BCUT2D eigenvalue weighted by molar-refractivity contribution is 5.97. The summed E-state index contributed by atoms with van der Waals surface area (Å²) in [7, 11) is 1.42. The molecule has 2 aromatic carbocycles. The molecule has 0 radical (unpaired) electrons. The van der Waals surface area contributed by atoms with Crippen molar-refractivity contribution in [2.45, 2.75) is 33.1 Å². The number of ether oxygens (including phenoxy) is 3. The highest BCUT2D eigenvalue weighted by Crippen LogP contribution is 2.33. The average Bonchev–Trinajstić information content (AvgIpc) is 2.69. The Morgan fingerprint density at radius 1 is 1.10 bits per heavy atom. The van der Waals surface area contributed by atoms with Crippen molar-refractivity contribution >= 4 is 11.5 Å². The molecule has 8 heteroatoms. The summed E-state index contributed by atoms with van der Waals surface area (Å²) in [4.78, 5) is 21.9. The SMILES string of the molecule is CCCc1c(OCCCOc2ccc([N+](=O)[O-])cc2OC)ccc(C(C)=O)c1O. The fourth-order valence-corrected chi connectivity index (χ4v) is 2.84. The second-order valence-corrected chi connectivity index (χ2v) is 6.39. The van der Waals surface area contributed by atoms with Crippen molar-refractivity contribution in [2.75, 3.05) is 20.3 Å². The van der Waals surface area contributed by atoms with Gasteiger partial charge in [0.05, 0.1) is 36.9 Å². The lowest BCUT2D eigenvalue weighted by Crippen LogP contribution is -2.07. The van der Waals surface area contributed by atoms with Crippen LogP contribution in [0.3, 0.4) is 0 Å². The standard InChI is InChI=1S/C21H25NO7/c1-4-6-17-18(10-8-16(14(2)23)21(17)24)28-11-5-12-29-19-9-7-15(22(25)26)13-20(19)27-3/h7-10,13,24H,4-6,11-12H2,1-3H3. The van der Waals surface area contributed by atoms with Crippen LogP contribution in [0.4, 0.5) is 5.69 Å². The van der Waals surface area contributed by atoms with Gasteiger partial charge in [-0.25, -0.2) is 0 Å². The number of carbonyl (C=O) groups excluding carboxylic acids is 1. The van der Waals surface area contributed by atoms with Gasteiger partial charge in [-0.2, -0.15) is 0 Å². The molecule has 0 spiro atoms. The van der Waals surface area contributed by atoms with Gasteiger partial charge in [-0.05, 0) is 31.5 Å². The molecule has 0 aliphatic heterocycles. The van der Waals surface area contributed by atoms with Crippen LogP contribution in [0.2, 0.25) is 0 Å². The molecule has 0 aliphatic carbocycles. The minimum atomic E-state index is -0.499. The van der Waals surface area contributed by atoms with Crippen LogP contribution < -0.4 is 14.2 Å². The lowest BCUT2D eigenvalue weighted by atomic mass is 10.0. The molecule has 0 bridgehead atoms. The van der Waals surface area contributed by atoms with E-state index >= 15 is 0 Å². The lowest BCUT2D eigenvalue weighted by molar-refractivity contribution is -0.385. The number of aromatic hydroxyl groups is 1. The number of methoxy groups -OCH3 is 1. The van der Waals surface area contributed by atoms with E-state index in [4.69, 9.17) is 14.2 Å². The number of carbonyl (C=O) groups is 1. The number of nitro groups is 1. The molecule has 0 aromatic heterocycles. The van der Waals surface area contributed by atoms with E-state index in [2.05, 4.69) is 0 Å². The molecule has 0 fully saturated rings. The number of benzene rings is 2. The van der Waals surface area contributed by atoms with E-state index in [0.29, 0.717) is 43.1 Å². The molecule has 0 unspecified atom stereocenters. The van der Waals surface area contributed by atoms with Crippen LogP contribution >= 0.6 is 0 Å². The van der Waals surface area contributed by atoms with E-state index in [1.165, 1.54) is 32.2 Å². The molecule has 0 saturated heterocycles. The Hall–Kier alpha value is -3.29. The number of rotatable bonds is 11. The highest BCUT2D eigenvalue weighted by Gasteiger charge is 2.16. The molecule has 0 saturated carbocycles. The smallest absolute Gasteiger partial charge is 0.273 e. The molecule has 0 aliphatic rings. The minimum Gasteiger partial charge on any atom is -0.507 e.